The van der Waals surface area contributed by atoms with Crippen LogP contribution in [-0.2, 0) is 0 Å². The third-order valence-corrected chi connectivity index (χ3v) is 4.89. The number of benzene rings is 1. The van der Waals surface area contributed by atoms with Gasteiger partial charge < -0.3 is 16.0 Å². The molecule has 0 bridgehead atoms. The van der Waals surface area contributed by atoms with Crippen LogP contribution < -0.4 is 16.6 Å². The van der Waals surface area contributed by atoms with Crippen molar-refractivity contribution < 1.29 is 4.79 Å². The van der Waals surface area contributed by atoms with Crippen molar-refractivity contribution in [3.63, 3.8) is 0 Å². The fourth-order valence-electron chi connectivity index (χ4n) is 2.56. The number of anilines is 2. The van der Waals surface area contributed by atoms with E-state index >= 15 is 0 Å². The summed E-state index contributed by atoms with van der Waals surface area (Å²) in [5.41, 5.74) is 9.92. The van der Waals surface area contributed by atoms with Crippen LogP contribution in [0.3, 0.4) is 0 Å². The number of H-pyrrole nitrogens is 1. The summed E-state index contributed by atoms with van der Waals surface area (Å²) in [4.78, 5) is 27.9. The van der Waals surface area contributed by atoms with Crippen molar-refractivity contribution >= 4 is 38.8 Å². The molecule has 0 radical (unpaired) electrons. The third kappa shape index (κ3) is 2.73. The van der Waals surface area contributed by atoms with Crippen LogP contribution in [-0.4, -0.2) is 10.9 Å². The van der Waals surface area contributed by atoms with Crippen molar-refractivity contribution in [2.45, 2.75) is 20.8 Å². The van der Waals surface area contributed by atoms with Crippen molar-refractivity contribution in [1.82, 2.24) is 4.98 Å². The van der Waals surface area contributed by atoms with Gasteiger partial charge in [0.1, 0.15) is 9.71 Å². The van der Waals surface area contributed by atoms with Crippen molar-refractivity contribution in [3.8, 4) is 0 Å². The Morgan fingerprint density at radius 2 is 1.91 bits per heavy atom. The number of carbonyl (C=O) groups is 1. The van der Waals surface area contributed by atoms with Crippen molar-refractivity contribution in [3.05, 3.63) is 56.2 Å². The number of aromatic nitrogens is 1. The van der Waals surface area contributed by atoms with Crippen molar-refractivity contribution in [2.24, 2.45) is 0 Å². The molecule has 2 aromatic heterocycles. The Hall–Kier alpha value is -2.60. The van der Waals surface area contributed by atoms with E-state index in [1.54, 1.807) is 0 Å². The summed E-state index contributed by atoms with van der Waals surface area (Å²) in [6.45, 7) is 5.72. The minimum atomic E-state index is -0.266. The van der Waals surface area contributed by atoms with E-state index in [1.165, 1.54) is 17.4 Å². The van der Waals surface area contributed by atoms with Crippen LogP contribution in [0.1, 0.15) is 26.4 Å². The topological polar surface area (TPSA) is 88.0 Å². The van der Waals surface area contributed by atoms with Crippen LogP contribution in [0.2, 0.25) is 0 Å². The van der Waals surface area contributed by atoms with Gasteiger partial charge in [-0.3, -0.25) is 9.59 Å². The van der Waals surface area contributed by atoms with E-state index in [4.69, 9.17) is 5.73 Å². The van der Waals surface area contributed by atoms with E-state index in [0.29, 0.717) is 15.4 Å². The molecule has 5 nitrogen and oxygen atoms in total. The fourth-order valence-corrected chi connectivity index (χ4v) is 3.64. The van der Waals surface area contributed by atoms with Crippen LogP contribution in [0.4, 0.5) is 11.4 Å². The first-order valence-electron chi connectivity index (χ1n) is 7.17. The predicted octanol–water partition coefficient (Wildman–Crippen LogP) is 3.35. The Bertz CT molecular complexity index is 985. The summed E-state index contributed by atoms with van der Waals surface area (Å²) in [6, 6.07) is 7.36. The summed E-state index contributed by atoms with van der Waals surface area (Å²) in [7, 11) is 0. The van der Waals surface area contributed by atoms with Gasteiger partial charge in [-0.25, -0.2) is 0 Å². The molecule has 0 fully saturated rings. The highest BCUT2D eigenvalue weighted by Gasteiger charge is 2.19. The zero-order chi connectivity index (χ0) is 16.7. The molecule has 0 aliphatic heterocycles. The van der Waals surface area contributed by atoms with Gasteiger partial charge in [0.15, 0.2) is 0 Å². The Balaban J connectivity index is 2.05. The average Bonchev–Trinajstić information content (AvgIpc) is 2.80. The maximum atomic E-state index is 12.6. The van der Waals surface area contributed by atoms with E-state index in [2.05, 4.69) is 10.3 Å². The van der Waals surface area contributed by atoms with E-state index in [9.17, 15) is 9.59 Å². The second-order valence-corrected chi connectivity index (χ2v) is 6.66. The Labute approximate surface area is 137 Å². The number of fused-ring (bicyclic) bond motifs is 1. The minimum Gasteiger partial charge on any atom is -0.397 e. The number of hydrogen-bond donors (Lipinski definition) is 3. The Kier molecular flexibility index (Phi) is 3.69. The predicted molar refractivity (Wildman–Crippen MR) is 95.5 cm³/mol. The molecule has 3 aromatic rings. The summed E-state index contributed by atoms with van der Waals surface area (Å²) in [5.74, 6) is -0.266. The minimum absolute atomic E-state index is 0.197. The first-order chi connectivity index (χ1) is 10.9. The number of thiophene rings is 1. The molecular weight excluding hydrogens is 310 g/mol. The highest BCUT2D eigenvalue weighted by Crippen LogP contribution is 2.34. The van der Waals surface area contributed by atoms with E-state index in [1.807, 2.05) is 39.0 Å². The van der Waals surface area contributed by atoms with Gasteiger partial charge in [-0.1, -0.05) is 12.1 Å². The standard InChI is InChI=1S/C17H17N3O2S/c1-8-4-5-9(2)11(6-8)19-16(22)15-14(18)13-10(3)7-12(21)20-17(13)23-15/h4-7H,18H2,1-3H3,(H,19,22)(H,20,21). The molecule has 0 saturated carbocycles. The average molecular weight is 327 g/mol. The smallest absolute Gasteiger partial charge is 0.267 e. The number of carbonyl (C=O) groups excluding carboxylic acids is 1. The molecule has 23 heavy (non-hydrogen) atoms. The molecule has 6 heteroatoms. The molecule has 0 spiro atoms. The maximum Gasteiger partial charge on any atom is 0.267 e. The first kappa shape index (κ1) is 15.3. The normalized spacial score (nSPS) is 10.9. The van der Waals surface area contributed by atoms with Gasteiger partial charge in [0.2, 0.25) is 5.56 Å². The monoisotopic (exact) mass is 327 g/mol. The van der Waals surface area contributed by atoms with Gasteiger partial charge in [-0.05, 0) is 43.5 Å². The van der Waals surface area contributed by atoms with Crippen LogP contribution in [0.5, 0.6) is 0 Å². The largest absolute Gasteiger partial charge is 0.397 e. The lowest BCUT2D eigenvalue weighted by Crippen LogP contribution is -2.13. The molecule has 0 aliphatic carbocycles. The molecule has 4 N–H and O–H groups in total. The lowest BCUT2D eigenvalue weighted by Gasteiger charge is -2.08. The highest BCUT2D eigenvalue weighted by molar-refractivity contribution is 7.21. The van der Waals surface area contributed by atoms with Crippen LogP contribution in [0, 0.1) is 20.8 Å². The van der Waals surface area contributed by atoms with Gasteiger partial charge in [0.25, 0.3) is 5.91 Å². The molecule has 118 valence electrons. The number of nitrogen functional groups attached to an aromatic ring is 1. The lowest BCUT2D eigenvalue weighted by molar-refractivity contribution is 0.103. The first-order valence-corrected chi connectivity index (χ1v) is 7.99. The van der Waals surface area contributed by atoms with Crippen molar-refractivity contribution in [2.75, 3.05) is 11.1 Å². The molecule has 0 saturated heterocycles. The molecule has 2 heterocycles. The summed E-state index contributed by atoms with van der Waals surface area (Å²) in [6.07, 6.45) is 0. The molecule has 3 rings (SSSR count). The quantitative estimate of drug-likeness (QED) is 0.674. The molecule has 0 atom stereocenters. The van der Waals surface area contributed by atoms with Crippen LogP contribution in [0.25, 0.3) is 10.2 Å². The lowest BCUT2D eigenvalue weighted by atomic mass is 10.1. The number of hydrogen-bond acceptors (Lipinski definition) is 4. The van der Waals surface area contributed by atoms with E-state index in [-0.39, 0.29) is 11.5 Å². The van der Waals surface area contributed by atoms with E-state index in [0.717, 1.165) is 27.8 Å². The van der Waals surface area contributed by atoms with E-state index < -0.39 is 0 Å². The molecule has 0 aliphatic rings. The van der Waals surface area contributed by atoms with Crippen LogP contribution in [0.15, 0.2) is 29.1 Å². The van der Waals surface area contributed by atoms with Gasteiger partial charge >= 0.3 is 0 Å². The van der Waals surface area contributed by atoms with Gasteiger partial charge in [-0.2, -0.15) is 0 Å². The Morgan fingerprint density at radius 1 is 1.17 bits per heavy atom. The SMILES string of the molecule is Cc1ccc(C)c(NC(=O)c2sc3[nH]c(=O)cc(C)c3c2N)c1. The number of rotatable bonds is 2. The Morgan fingerprint density at radius 3 is 2.65 bits per heavy atom. The number of aryl methyl sites for hydroxylation is 3. The fraction of sp³-hybridized carbons (Fsp3) is 0.176. The number of aromatic amines is 1. The second-order valence-electron chi connectivity index (χ2n) is 5.64. The third-order valence-electron chi connectivity index (χ3n) is 3.77. The molecule has 1 aromatic carbocycles. The number of amides is 1. The summed E-state index contributed by atoms with van der Waals surface area (Å²) in [5, 5.41) is 3.64. The summed E-state index contributed by atoms with van der Waals surface area (Å²) >= 11 is 1.20. The van der Waals surface area contributed by atoms with Gasteiger partial charge in [0, 0.05) is 17.1 Å². The highest BCUT2D eigenvalue weighted by atomic mass is 32.1. The zero-order valence-corrected chi connectivity index (χ0v) is 13.9. The number of pyridine rings is 1. The van der Waals surface area contributed by atoms with Crippen molar-refractivity contribution in [1.29, 1.82) is 0 Å². The molecule has 0 unspecified atom stereocenters. The maximum absolute atomic E-state index is 12.6. The summed E-state index contributed by atoms with van der Waals surface area (Å²) < 4.78 is 0. The van der Waals surface area contributed by atoms with Gasteiger partial charge in [0.05, 0.1) is 5.69 Å². The second kappa shape index (κ2) is 5.55. The number of nitrogens with two attached hydrogens (primary N) is 1. The molecule has 1 amide bonds. The molecular formula is C17H17N3O2S. The zero-order valence-electron chi connectivity index (χ0n) is 13.1. The number of nitrogens with one attached hydrogen (secondary N) is 2. The van der Waals surface area contributed by atoms with Crippen LogP contribution >= 0.6 is 11.3 Å². The van der Waals surface area contributed by atoms with Gasteiger partial charge in [-0.15, -0.1) is 11.3 Å².